The molecular formula is C9H14N4. The molecule has 0 radical (unpaired) electrons. The summed E-state index contributed by atoms with van der Waals surface area (Å²) in [6.45, 7) is 2.27. The van der Waals surface area contributed by atoms with Gasteiger partial charge in [0.25, 0.3) is 0 Å². The van der Waals surface area contributed by atoms with E-state index in [1.807, 2.05) is 0 Å². The van der Waals surface area contributed by atoms with E-state index in [-0.39, 0.29) is 0 Å². The van der Waals surface area contributed by atoms with Crippen molar-refractivity contribution in [2.75, 3.05) is 5.73 Å². The number of nitrogens with zero attached hydrogens (tertiary/aromatic N) is 3. The molecule has 1 heterocycles. The van der Waals surface area contributed by atoms with Gasteiger partial charge in [-0.05, 0) is 25.2 Å². The minimum Gasteiger partial charge on any atom is -0.368 e. The maximum Gasteiger partial charge on any atom is 0.223 e. The summed E-state index contributed by atoms with van der Waals surface area (Å²) in [6, 6.07) is 0. The van der Waals surface area contributed by atoms with Crippen LogP contribution in [0.15, 0.2) is 6.33 Å². The van der Waals surface area contributed by atoms with E-state index in [1.54, 1.807) is 0 Å². The number of rotatable bonds is 1. The molecule has 1 aliphatic carbocycles. The van der Waals surface area contributed by atoms with Crippen LogP contribution in [0.5, 0.6) is 0 Å². The van der Waals surface area contributed by atoms with E-state index >= 15 is 0 Å². The van der Waals surface area contributed by atoms with E-state index < -0.39 is 0 Å². The van der Waals surface area contributed by atoms with Gasteiger partial charge in [-0.2, -0.15) is 4.98 Å². The first-order valence-electron chi connectivity index (χ1n) is 4.70. The highest BCUT2D eigenvalue weighted by Gasteiger charge is 2.24. The SMILES string of the molecule is CC1CCC(c2ncnc(N)n2)C1. The molecule has 2 atom stereocenters. The lowest BCUT2D eigenvalue weighted by molar-refractivity contribution is 0.584. The molecule has 1 aromatic heterocycles. The van der Waals surface area contributed by atoms with Crippen LogP contribution < -0.4 is 5.73 Å². The van der Waals surface area contributed by atoms with E-state index in [1.165, 1.54) is 25.6 Å². The highest BCUT2D eigenvalue weighted by Crippen LogP contribution is 2.36. The lowest BCUT2D eigenvalue weighted by Crippen LogP contribution is -2.05. The number of nitrogens with two attached hydrogens (primary N) is 1. The molecule has 0 aromatic carbocycles. The molecule has 1 aromatic rings. The Morgan fingerprint density at radius 1 is 1.38 bits per heavy atom. The van der Waals surface area contributed by atoms with Crippen molar-refractivity contribution >= 4 is 5.95 Å². The van der Waals surface area contributed by atoms with E-state index in [9.17, 15) is 0 Å². The van der Waals surface area contributed by atoms with Crippen LogP contribution in [0.2, 0.25) is 0 Å². The van der Waals surface area contributed by atoms with Crippen LogP contribution in [-0.2, 0) is 0 Å². The molecule has 0 bridgehead atoms. The lowest BCUT2D eigenvalue weighted by atomic mass is 10.1. The Bertz CT molecular complexity index is 299. The molecule has 1 aliphatic rings. The van der Waals surface area contributed by atoms with Crippen LogP contribution in [0.3, 0.4) is 0 Å². The molecule has 4 nitrogen and oxygen atoms in total. The van der Waals surface area contributed by atoms with Crippen LogP contribution in [0.4, 0.5) is 5.95 Å². The van der Waals surface area contributed by atoms with E-state index in [0.29, 0.717) is 11.9 Å². The largest absolute Gasteiger partial charge is 0.368 e. The summed E-state index contributed by atoms with van der Waals surface area (Å²) < 4.78 is 0. The van der Waals surface area contributed by atoms with Crippen molar-refractivity contribution in [3.8, 4) is 0 Å². The van der Waals surface area contributed by atoms with Gasteiger partial charge < -0.3 is 5.73 Å². The molecule has 2 unspecified atom stereocenters. The molecule has 0 amide bonds. The summed E-state index contributed by atoms with van der Waals surface area (Å²) in [4.78, 5) is 12.1. The zero-order valence-electron chi connectivity index (χ0n) is 7.77. The van der Waals surface area contributed by atoms with Crippen LogP contribution in [0.1, 0.15) is 37.9 Å². The molecular weight excluding hydrogens is 164 g/mol. The summed E-state index contributed by atoms with van der Waals surface area (Å²) in [5.41, 5.74) is 5.50. The number of nitrogen functional groups attached to an aromatic ring is 1. The highest BCUT2D eigenvalue weighted by atomic mass is 15.1. The van der Waals surface area contributed by atoms with Crippen molar-refractivity contribution in [2.24, 2.45) is 5.92 Å². The van der Waals surface area contributed by atoms with Gasteiger partial charge in [-0.15, -0.1) is 0 Å². The van der Waals surface area contributed by atoms with Gasteiger partial charge in [-0.1, -0.05) is 6.92 Å². The van der Waals surface area contributed by atoms with Gasteiger partial charge in [0, 0.05) is 5.92 Å². The fourth-order valence-corrected chi connectivity index (χ4v) is 1.96. The average molecular weight is 178 g/mol. The van der Waals surface area contributed by atoms with Gasteiger partial charge in [-0.25, -0.2) is 9.97 Å². The second-order valence-corrected chi connectivity index (χ2v) is 3.82. The topological polar surface area (TPSA) is 64.7 Å². The standard InChI is InChI=1S/C9H14N4/c1-6-2-3-7(4-6)8-11-5-12-9(10)13-8/h5-7H,2-4H2,1H3,(H2,10,11,12,13). The normalized spacial score (nSPS) is 27.8. The Morgan fingerprint density at radius 3 is 2.85 bits per heavy atom. The Hall–Kier alpha value is -1.19. The Balaban J connectivity index is 2.16. The second-order valence-electron chi connectivity index (χ2n) is 3.82. The monoisotopic (exact) mass is 178 g/mol. The predicted molar refractivity (Wildman–Crippen MR) is 50.0 cm³/mol. The van der Waals surface area contributed by atoms with Crippen LogP contribution in [0, 0.1) is 5.92 Å². The van der Waals surface area contributed by atoms with Crippen LogP contribution in [-0.4, -0.2) is 15.0 Å². The maximum atomic E-state index is 5.50. The zero-order chi connectivity index (χ0) is 9.26. The Morgan fingerprint density at radius 2 is 2.23 bits per heavy atom. The van der Waals surface area contributed by atoms with Crippen molar-refractivity contribution in [1.29, 1.82) is 0 Å². The molecule has 0 spiro atoms. The molecule has 1 saturated carbocycles. The molecule has 13 heavy (non-hydrogen) atoms. The summed E-state index contributed by atoms with van der Waals surface area (Å²) in [6.07, 6.45) is 5.14. The number of anilines is 1. The van der Waals surface area contributed by atoms with E-state index in [4.69, 9.17) is 5.73 Å². The summed E-state index contributed by atoms with van der Waals surface area (Å²) >= 11 is 0. The highest BCUT2D eigenvalue weighted by molar-refractivity contribution is 5.14. The summed E-state index contributed by atoms with van der Waals surface area (Å²) in [5.74, 6) is 2.50. The third kappa shape index (κ3) is 1.76. The number of hydrogen-bond acceptors (Lipinski definition) is 4. The zero-order valence-corrected chi connectivity index (χ0v) is 7.77. The molecule has 0 aliphatic heterocycles. The van der Waals surface area contributed by atoms with Crippen molar-refractivity contribution in [3.05, 3.63) is 12.2 Å². The Kier molecular flexibility index (Phi) is 2.12. The molecule has 0 saturated heterocycles. The molecule has 2 rings (SSSR count). The smallest absolute Gasteiger partial charge is 0.223 e. The third-order valence-electron chi connectivity index (χ3n) is 2.67. The van der Waals surface area contributed by atoms with Gasteiger partial charge in [0.2, 0.25) is 5.95 Å². The first-order chi connectivity index (χ1) is 6.25. The van der Waals surface area contributed by atoms with Crippen molar-refractivity contribution in [2.45, 2.75) is 32.1 Å². The minimum atomic E-state index is 0.338. The van der Waals surface area contributed by atoms with Gasteiger partial charge in [-0.3, -0.25) is 0 Å². The van der Waals surface area contributed by atoms with Gasteiger partial charge in [0.15, 0.2) is 0 Å². The van der Waals surface area contributed by atoms with Crippen LogP contribution >= 0.6 is 0 Å². The second kappa shape index (κ2) is 3.28. The number of hydrogen-bond donors (Lipinski definition) is 1. The van der Waals surface area contributed by atoms with Crippen molar-refractivity contribution < 1.29 is 0 Å². The molecule has 1 fully saturated rings. The first kappa shape index (κ1) is 8.41. The lowest BCUT2D eigenvalue weighted by Gasteiger charge is -2.06. The third-order valence-corrected chi connectivity index (χ3v) is 2.67. The predicted octanol–water partition coefficient (Wildman–Crippen LogP) is 1.36. The average Bonchev–Trinajstić information content (AvgIpc) is 2.52. The van der Waals surface area contributed by atoms with E-state index in [0.717, 1.165) is 11.7 Å². The molecule has 70 valence electrons. The first-order valence-corrected chi connectivity index (χ1v) is 4.70. The van der Waals surface area contributed by atoms with Gasteiger partial charge in [0.05, 0.1) is 0 Å². The number of aromatic nitrogens is 3. The van der Waals surface area contributed by atoms with Crippen molar-refractivity contribution in [1.82, 2.24) is 15.0 Å². The van der Waals surface area contributed by atoms with Crippen molar-refractivity contribution in [3.63, 3.8) is 0 Å². The van der Waals surface area contributed by atoms with Gasteiger partial charge >= 0.3 is 0 Å². The maximum absolute atomic E-state index is 5.50. The molecule has 4 heteroatoms. The van der Waals surface area contributed by atoms with E-state index in [2.05, 4.69) is 21.9 Å². The minimum absolute atomic E-state index is 0.338. The Labute approximate surface area is 77.6 Å². The van der Waals surface area contributed by atoms with Crippen LogP contribution in [0.25, 0.3) is 0 Å². The fraction of sp³-hybridized carbons (Fsp3) is 0.667. The fourth-order valence-electron chi connectivity index (χ4n) is 1.96. The molecule has 2 N–H and O–H groups in total. The quantitative estimate of drug-likeness (QED) is 0.705. The summed E-state index contributed by atoms with van der Waals surface area (Å²) in [7, 11) is 0. The summed E-state index contributed by atoms with van der Waals surface area (Å²) in [5, 5.41) is 0. The van der Waals surface area contributed by atoms with Gasteiger partial charge in [0.1, 0.15) is 12.2 Å².